The number of aliphatic hydroxyl groups excluding tert-OH is 3. The first kappa shape index (κ1) is 12.2. The van der Waals surface area contributed by atoms with Gasteiger partial charge in [-0.15, -0.1) is 10.2 Å². The van der Waals surface area contributed by atoms with Gasteiger partial charge in [0.1, 0.15) is 18.3 Å². The summed E-state index contributed by atoms with van der Waals surface area (Å²) in [5.74, 6) is -0.181. The smallest absolute Gasteiger partial charge is 0.276 e. The molecule has 3 aliphatic rings. The quantitative estimate of drug-likeness (QED) is 0.427. The molecule has 0 aromatic rings. The van der Waals surface area contributed by atoms with Crippen LogP contribution in [-0.4, -0.2) is 57.3 Å². The van der Waals surface area contributed by atoms with Gasteiger partial charge in [-0.2, -0.15) is 0 Å². The number of hydrogen-bond acceptors (Lipinski definition) is 8. The van der Waals surface area contributed by atoms with Crippen LogP contribution in [0, 0.1) is 0 Å². The first-order valence-corrected chi connectivity index (χ1v) is 5.68. The fraction of sp³-hybridized carbons (Fsp3) is 0.500. The van der Waals surface area contributed by atoms with E-state index in [1.54, 1.807) is 0 Å². The number of ether oxygens (including phenoxy) is 1. The van der Waals surface area contributed by atoms with Gasteiger partial charge >= 0.3 is 0 Å². The van der Waals surface area contributed by atoms with E-state index in [2.05, 4.69) is 15.5 Å². The fourth-order valence-electron chi connectivity index (χ4n) is 2.11. The van der Waals surface area contributed by atoms with Gasteiger partial charge in [-0.25, -0.2) is 0 Å². The minimum absolute atomic E-state index is 0.136. The minimum Gasteiger partial charge on any atom is -0.394 e. The number of hydrogen-bond donors (Lipinski definition) is 4. The summed E-state index contributed by atoms with van der Waals surface area (Å²) < 4.78 is 5.36. The molecule has 0 spiro atoms. The van der Waals surface area contributed by atoms with Crippen LogP contribution in [0.15, 0.2) is 34.1 Å². The zero-order valence-electron chi connectivity index (χ0n) is 9.67. The third-order valence-electron chi connectivity index (χ3n) is 3.13. The van der Waals surface area contributed by atoms with Crippen molar-refractivity contribution in [3.8, 4) is 0 Å². The van der Waals surface area contributed by atoms with Crippen molar-refractivity contribution in [2.75, 3.05) is 6.61 Å². The summed E-state index contributed by atoms with van der Waals surface area (Å²) in [7, 11) is 0. The third-order valence-corrected chi connectivity index (χ3v) is 3.13. The Hall–Kier alpha value is -1.81. The molecule has 0 aromatic heterocycles. The van der Waals surface area contributed by atoms with Crippen LogP contribution < -0.4 is 5.32 Å². The number of carbonyl (C=O) groups is 1. The number of nitrogens with one attached hydrogen (secondary N) is 1. The minimum atomic E-state index is -1.26. The van der Waals surface area contributed by atoms with Crippen LogP contribution in [-0.2, 0) is 9.53 Å². The SMILES string of the molecule is O=C1NC=CN(C2OC(CO)C(O)C2O)C1=C1N=N1. The topological polar surface area (TPSA) is 127 Å². The van der Waals surface area contributed by atoms with E-state index in [0.29, 0.717) is 0 Å². The summed E-state index contributed by atoms with van der Waals surface area (Å²) in [5.41, 5.74) is 0.136. The Balaban J connectivity index is 1.89. The van der Waals surface area contributed by atoms with Crippen molar-refractivity contribution in [1.82, 2.24) is 10.2 Å². The van der Waals surface area contributed by atoms with E-state index in [1.807, 2.05) is 0 Å². The van der Waals surface area contributed by atoms with E-state index < -0.39 is 37.1 Å². The molecule has 0 bridgehead atoms. The maximum absolute atomic E-state index is 11.8. The summed E-state index contributed by atoms with van der Waals surface area (Å²) in [6, 6.07) is 0. The Morgan fingerprint density at radius 3 is 2.68 bits per heavy atom. The molecular formula is C10H12N4O5. The molecule has 19 heavy (non-hydrogen) atoms. The summed E-state index contributed by atoms with van der Waals surface area (Å²) in [4.78, 5) is 13.1. The van der Waals surface area contributed by atoms with Crippen molar-refractivity contribution >= 4 is 5.91 Å². The van der Waals surface area contributed by atoms with E-state index in [-0.39, 0.29) is 11.5 Å². The lowest BCUT2D eigenvalue weighted by molar-refractivity contribution is -0.122. The molecule has 0 aromatic carbocycles. The maximum Gasteiger partial charge on any atom is 0.276 e. The van der Waals surface area contributed by atoms with Crippen molar-refractivity contribution < 1.29 is 24.9 Å². The van der Waals surface area contributed by atoms with Crippen LogP contribution in [0.25, 0.3) is 0 Å². The highest BCUT2D eigenvalue weighted by molar-refractivity contribution is 5.95. The van der Waals surface area contributed by atoms with Crippen LogP contribution in [0.2, 0.25) is 0 Å². The van der Waals surface area contributed by atoms with Crippen LogP contribution in [0.5, 0.6) is 0 Å². The lowest BCUT2D eigenvalue weighted by Crippen LogP contribution is -2.46. The largest absolute Gasteiger partial charge is 0.394 e. The molecule has 9 heteroatoms. The van der Waals surface area contributed by atoms with Gasteiger partial charge in [0.2, 0.25) is 5.82 Å². The van der Waals surface area contributed by atoms with Gasteiger partial charge in [0, 0.05) is 12.4 Å². The first-order chi connectivity index (χ1) is 9.13. The van der Waals surface area contributed by atoms with Gasteiger partial charge in [-0.05, 0) is 0 Å². The molecule has 1 fully saturated rings. The van der Waals surface area contributed by atoms with Crippen molar-refractivity contribution in [2.45, 2.75) is 24.5 Å². The normalized spacial score (nSPS) is 37.0. The Morgan fingerprint density at radius 1 is 1.37 bits per heavy atom. The Morgan fingerprint density at radius 2 is 2.11 bits per heavy atom. The lowest BCUT2D eigenvalue weighted by atomic mass is 10.1. The zero-order valence-corrected chi connectivity index (χ0v) is 9.67. The molecule has 0 radical (unpaired) electrons. The highest BCUT2D eigenvalue weighted by Crippen LogP contribution is 2.32. The van der Waals surface area contributed by atoms with Crippen molar-refractivity contribution in [2.24, 2.45) is 10.2 Å². The second kappa shape index (κ2) is 4.38. The summed E-state index contributed by atoms with van der Waals surface area (Å²) in [6.07, 6.45) is -1.52. The highest BCUT2D eigenvalue weighted by atomic mass is 16.6. The van der Waals surface area contributed by atoms with E-state index in [1.165, 1.54) is 17.3 Å². The average Bonchev–Trinajstić information content (AvgIpc) is 3.19. The highest BCUT2D eigenvalue weighted by Gasteiger charge is 2.47. The summed E-state index contributed by atoms with van der Waals surface area (Å²) >= 11 is 0. The third kappa shape index (κ3) is 1.92. The maximum atomic E-state index is 11.8. The molecule has 9 nitrogen and oxygen atoms in total. The van der Waals surface area contributed by atoms with Gasteiger partial charge in [0.15, 0.2) is 11.9 Å². The van der Waals surface area contributed by atoms with Crippen molar-refractivity contribution in [3.05, 3.63) is 23.9 Å². The standard InChI is InChI=1S/C10H12N4O5/c15-3-4-6(16)7(17)10(19-4)14-2-1-11-9(18)5(14)8-12-13-8/h1-2,4,6-7,10,15-17H,3H2,(H,11,18). The predicted octanol–water partition coefficient (Wildman–Crippen LogP) is -2.04. The molecule has 0 aliphatic carbocycles. The summed E-state index contributed by atoms with van der Waals surface area (Å²) in [5, 5.41) is 38.4. The van der Waals surface area contributed by atoms with E-state index in [0.717, 1.165) is 0 Å². The second-order valence-electron chi connectivity index (χ2n) is 4.30. The zero-order chi connectivity index (χ0) is 13.6. The van der Waals surface area contributed by atoms with Crippen molar-refractivity contribution in [3.63, 3.8) is 0 Å². The number of aliphatic hydroxyl groups is 3. The monoisotopic (exact) mass is 268 g/mol. The van der Waals surface area contributed by atoms with Gasteiger partial charge in [0.05, 0.1) is 6.61 Å². The molecule has 3 aliphatic heterocycles. The number of amides is 1. The molecule has 4 unspecified atom stereocenters. The molecule has 4 atom stereocenters. The van der Waals surface area contributed by atoms with E-state index in [4.69, 9.17) is 9.84 Å². The Bertz CT molecular complexity index is 494. The first-order valence-electron chi connectivity index (χ1n) is 5.68. The molecule has 1 saturated heterocycles. The predicted molar refractivity (Wildman–Crippen MR) is 58.8 cm³/mol. The molecule has 102 valence electrons. The van der Waals surface area contributed by atoms with Crippen LogP contribution in [0.1, 0.15) is 0 Å². The number of nitrogens with zero attached hydrogens (tertiary/aromatic N) is 3. The molecule has 3 heterocycles. The van der Waals surface area contributed by atoms with Crippen LogP contribution >= 0.6 is 0 Å². The van der Waals surface area contributed by atoms with Gasteiger partial charge in [0.25, 0.3) is 5.91 Å². The Kier molecular flexibility index (Phi) is 2.82. The average molecular weight is 268 g/mol. The summed E-state index contributed by atoms with van der Waals surface area (Å²) in [6.45, 7) is -0.431. The fourth-order valence-corrected chi connectivity index (χ4v) is 2.11. The van der Waals surface area contributed by atoms with Crippen molar-refractivity contribution in [1.29, 1.82) is 0 Å². The van der Waals surface area contributed by atoms with Crippen LogP contribution in [0.4, 0.5) is 0 Å². The molecule has 0 saturated carbocycles. The van der Waals surface area contributed by atoms with Gasteiger partial charge < -0.3 is 30.3 Å². The number of rotatable bonds is 2. The molecule has 3 rings (SSSR count). The van der Waals surface area contributed by atoms with Crippen LogP contribution in [0.3, 0.4) is 0 Å². The second-order valence-corrected chi connectivity index (χ2v) is 4.30. The number of carbonyl (C=O) groups excluding carboxylic acids is 1. The van der Waals surface area contributed by atoms with E-state index >= 15 is 0 Å². The lowest BCUT2D eigenvalue weighted by Gasteiger charge is -2.31. The molecule has 1 amide bonds. The Labute approximate surface area is 107 Å². The van der Waals surface area contributed by atoms with E-state index in [9.17, 15) is 15.0 Å². The van der Waals surface area contributed by atoms with Gasteiger partial charge in [-0.3, -0.25) is 4.79 Å². The molecule has 4 N–H and O–H groups in total. The van der Waals surface area contributed by atoms with Gasteiger partial charge in [-0.1, -0.05) is 0 Å². The molecular weight excluding hydrogens is 256 g/mol.